The number of carbonyl (C=O) groups excluding carboxylic acids is 1. The van der Waals surface area contributed by atoms with E-state index in [1.54, 1.807) is 18.4 Å². The second-order valence-electron chi connectivity index (χ2n) is 8.50. The van der Waals surface area contributed by atoms with Crippen LogP contribution in [0.2, 0.25) is 0 Å². The Morgan fingerprint density at radius 2 is 1.91 bits per heavy atom. The number of hydrogen-bond acceptors (Lipinski definition) is 7. The maximum atomic E-state index is 13.1. The van der Waals surface area contributed by atoms with Gasteiger partial charge in [0.25, 0.3) is 0 Å². The van der Waals surface area contributed by atoms with Gasteiger partial charge < -0.3 is 9.64 Å². The lowest BCUT2D eigenvalue weighted by molar-refractivity contribution is -0.135. The summed E-state index contributed by atoms with van der Waals surface area (Å²) < 4.78 is 5.33. The second-order valence-corrected chi connectivity index (χ2v) is 9.44. The van der Waals surface area contributed by atoms with Gasteiger partial charge in [-0.3, -0.25) is 9.69 Å². The minimum Gasteiger partial charge on any atom is -0.497 e. The molecule has 5 rings (SSSR count). The monoisotopic (exact) mass is 463 g/mol. The van der Waals surface area contributed by atoms with Crippen molar-refractivity contribution in [1.82, 2.24) is 25.6 Å². The quantitative estimate of drug-likeness (QED) is 0.586. The molecule has 2 atom stereocenters. The number of nitrogens with one attached hydrogen (secondary N) is 2. The molecule has 0 bridgehead atoms. The van der Waals surface area contributed by atoms with Gasteiger partial charge in [-0.15, -0.1) is 11.3 Å². The Bertz CT molecular complexity index is 1080. The van der Waals surface area contributed by atoms with Crippen LogP contribution in [-0.2, 0) is 11.3 Å². The van der Waals surface area contributed by atoms with Crippen LogP contribution < -0.4 is 15.6 Å². The topological polar surface area (TPSA) is 69.7 Å². The van der Waals surface area contributed by atoms with Crippen molar-refractivity contribution in [2.45, 2.75) is 25.0 Å². The summed E-state index contributed by atoms with van der Waals surface area (Å²) in [6, 6.07) is 18.2. The maximum absolute atomic E-state index is 13.1. The molecule has 0 saturated carbocycles. The summed E-state index contributed by atoms with van der Waals surface area (Å²) >= 11 is 1.71. The van der Waals surface area contributed by atoms with Gasteiger partial charge in [0.1, 0.15) is 16.8 Å². The molecule has 2 aliphatic rings. The van der Waals surface area contributed by atoms with Crippen LogP contribution in [0.25, 0.3) is 11.3 Å². The zero-order chi connectivity index (χ0) is 22.6. The van der Waals surface area contributed by atoms with Crippen LogP contribution in [0.15, 0.2) is 60.0 Å². The Morgan fingerprint density at radius 3 is 2.70 bits per heavy atom. The van der Waals surface area contributed by atoms with Crippen LogP contribution in [0.3, 0.4) is 0 Å². The maximum Gasteiger partial charge on any atom is 0.241 e. The van der Waals surface area contributed by atoms with Gasteiger partial charge in [0.05, 0.1) is 19.3 Å². The van der Waals surface area contributed by atoms with E-state index in [1.165, 1.54) is 0 Å². The highest BCUT2D eigenvalue weighted by molar-refractivity contribution is 7.09. The van der Waals surface area contributed by atoms with Crippen LogP contribution in [0, 0.1) is 0 Å². The first-order valence-corrected chi connectivity index (χ1v) is 12.2. The van der Waals surface area contributed by atoms with E-state index in [4.69, 9.17) is 9.72 Å². The molecule has 172 valence electrons. The first kappa shape index (κ1) is 22.0. The summed E-state index contributed by atoms with van der Waals surface area (Å²) in [5.41, 5.74) is 9.80. The molecule has 2 N–H and O–H groups in total. The van der Waals surface area contributed by atoms with Crippen LogP contribution >= 0.6 is 11.3 Å². The number of benzene rings is 2. The van der Waals surface area contributed by atoms with E-state index in [2.05, 4.69) is 39.3 Å². The van der Waals surface area contributed by atoms with Gasteiger partial charge in [-0.05, 0) is 24.1 Å². The molecule has 2 aliphatic heterocycles. The SMILES string of the molecule is COc1cccc(C2CC(C(=O)N3CCN(Cc4nc(-c5ccccc5)cs4)CC3)NN2)c1. The fraction of sp³-hybridized carbons (Fsp3) is 0.360. The lowest BCUT2D eigenvalue weighted by Gasteiger charge is -2.35. The predicted octanol–water partition coefficient (Wildman–Crippen LogP) is 3.07. The average molecular weight is 464 g/mol. The van der Waals surface area contributed by atoms with E-state index >= 15 is 0 Å². The summed E-state index contributed by atoms with van der Waals surface area (Å²) in [6.07, 6.45) is 0.730. The molecule has 3 aromatic rings. The normalized spacial score (nSPS) is 21.3. The van der Waals surface area contributed by atoms with Crippen molar-refractivity contribution >= 4 is 17.2 Å². The van der Waals surface area contributed by atoms with Crippen LogP contribution in [0.5, 0.6) is 5.75 Å². The molecule has 0 radical (unpaired) electrons. The van der Waals surface area contributed by atoms with E-state index in [-0.39, 0.29) is 18.0 Å². The Labute approximate surface area is 198 Å². The minimum absolute atomic E-state index is 0.0963. The predicted molar refractivity (Wildman–Crippen MR) is 130 cm³/mol. The molecule has 1 amide bonds. The van der Waals surface area contributed by atoms with Gasteiger partial charge >= 0.3 is 0 Å². The Kier molecular flexibility index (Phi) is 6.68. The summed E-state index contributed by atoms with van der Waals surface area (Å²) in [4.78, 5) is 22.3. The van der Waals surface area contributed by atoms with Gasteiger partial charge in [0.2, 0.25) is 5.91 Å². The standard InChI is InChI=1S/C25H29N5O2S/c1-32-20-9-5-8-19(14-20)21-15-22(28-27-21)25(31)30-12-10-29(11-13-30)16-24-26-23(17-33-24)18-6-3-2-4-7-18/h2-9,14,17,21-22,27-28H,10-13,15-16H2,1H3. The molecule has 0 aliphatic carbocycles. The number of thiazole rings is 1. The molecular formula is C25H29N5O2S. The van der Waals surface area contributed by atoms with Crippen molar-refractivity contribution in [3.8, 4) is 17.0 Å². The number of rotatable bonds is 6. The summed E-state index contributed by atoms with van der Waals surface area (Å²) in [5, 5.41) is 3.25. The number of ether oxygens (including phenoxy) is 1. The number of methoxy groups -OCH3 is 1. The number of carbonyl (C=O) groups is 1. The zero-order valence-electron chi connectivity index (χ0n) is 18.7. The highest BCUT2D eigenvalue weighted by Crippen LogP contribution is 2.27. The number of hydrogen-bond donors (Lipinski definition) is 2. The van der Waals surface area contributed by atoms with Gasteiger partial charge in [-0.25, -0.2) is 15.8 Å². The van der Waals surface area contributed by atoms with Crippen LogP contribution in [0.4, 0.5) is 0 Å². The lowest BCUT2D eigenvalue weighted by atomic mass is 10.0. The zero-order valence-corrected chi connectivity index (χ0v) is 19.6. The first-order valence-electron chi connectivity index (χ1n) is 11.4. The van der Waals surface area contributed by atoms with E-state index in [0.717, 1.165) is 66.7 Å². The molecule has 2 saturated heterocycles. The number of amides is 1. The number of aromatic nitrogens is 1. The van der Waals surface area contributed by atoms with Crippen molar-refractivity contribution in [3.63, 3.8) is 0 Å². The van der Waals surface area contributed by atoms with Gasteiger partial charge in [-0.2, -0.15) is 0 Å². The fourth-order valence-corrected chi connectivity index (χ4v) is 5.30. The molecule has 7 nitrogen and oxygen atoms in total. The third-order valence-corrected chi connectivity index (χ3v) is 7.20. The fourth-order valence-electron chi connectivity index (χ4n) is 4.46. The summed E-state index contributed by atoms with van der Waals surface area (Å²) in [7, 11) is 1.67. The lowest BCUT2D eigenvalue weighted by Crippen LogP contribution is -2.53. The summed E-state index contributed by atoms with van der Waals surface area (Å²) in [6.45, 7) is 4.06. The van der Waals surface area contributed by atoms with E-state index in [0.29, 0.717) is 0 Å². The molecule has 3 heterocycles. The molecule has 33 heavy (non-hydrogen) atoms. The van der Waals surface area contributed by atoms with Crippen molar-refractivity contribution in [3.05, 3.63) is 70.5 Å². The Balaban J connectivity index is 1.12. The first-order chi connectivity index (χ1) is 16.2. The molecule has 0 spiro atoms. The highest BCUT2D eigenvalue weighted by atomic mass is 32.1. The second kappa shape index (κ2) is 10.0. The van der Waals surface area contributed by atoms with Crippen LogP contribution in [-0.4, -0.2) is 60.0 Å². The van der Waals surface area contributed by atoms with E-state index in [9.17, 15) is 4.79 Å². The van der Waals surface area contributed by atoms with Gasteiger partial charge in [0.15, 0.2) is 0 Å². The number of nitrogens with zero attached hydrogens (tertiary/aromatic N) is 3. The van der Waals surface area contributed by atoms with Gasteiger partial charge in [0, 0.05) is 43.2 Å². The van der Waals surface area contributed by atoms with Crippen molar-refractivity contribution in [1.29, 1.82) is 0 Å². The molecule has 2 fully saturated rings. The third-order valence-electron chi connectivity index (χ3n) is 6.36. The molecule has 2 unspecified atom stereocenters. The van der Waals surface area contributed by atoms with Crippen molar-refractivity contribution < 1.29 is 9.53 Å². The van der Waals surface area contributed by atoms with Crippen molar-refractivity contribution in [2.75, 3.05) is 33.3 Å². The molecule has 2 aromatic carbocycles. The van der Waals surface area contributed by atoms with E-state index in [1.807, 2.05) is 41.3 Å². The smallest absolute Gasteiger partial charge is 0.241 e. The molecule has 8 heteroatoms. The van der Waals surface area contributed by atoms with Crippen LogP contribution in [0.1, 0.15) is 23.0 Å². The summed E-state index contributed by atoms with van der Waals surface area (Å²) in [5.74, 6) is 1.00. The minimum atomic E-state index is -0.208. The molecular weight excluding hydrogens is 434 g/mol. The number of piperazine rings is 1. The third kappa shape index (κ3) is 5.09. The van der Waals surface area contributed by atoms with E-state index < -0.39 is 0 Å². The largest absolute Gasteiger partial charge is 0.497 e. The highest BCUT2D eigenvalue weighted by Gasteiger charge is 2.34. The number of hydrazine groups is 1. The van der Waals surface area contributed by atoms with Crippen molar-refractivity contribution in [2.24, 2.45) is 0 Å². The Morgan fingerprint density at radius 1 is 1.09 bits per heavy atom. The Hall–Kier alpha value is -2.78. The van der Waals surface area contributed by atoms with Gasteiger partial charge in [-0.1, -0.05) is 42.5 Å². The average Bonchev–Trinajstić information content (AvgIpc) is 3.55. The molecule has 1 aromatic heterocycles.